The zero-order valence-electron chi connectivity index (χ0n) is 10.1. The average Bonchev–Trinajstić information content (AvgIpc) is 2.28. The lowest BCUT2D eigenvalue weighted by Gasteiger charge is -2.11. The van der Waals surface area contributed by atoms with Crippen molar-refractivity contribution in [3.63, 3.8) is 0 Å². The molecule has 0 spiro atoms. The van der Waals surface area contributed by atoms with Crippen molar-refractivity contribution in [3.05, 3.63) is 39.4 Å². The quantitative estimate of drug-likeness (QED) is 0.839. The molecule has 4 N–H and O–H groups in total. The van der Waals surface area contributed by atoms with E-state index in [0.717, 1.165) is 22.0 Å². The fourth-order valence-corrected chi connectivity index (χ4v) is 2.05. The van der Waals surface area contributed by atoms with Gasteiger partial charge in [-0.05, 0) is 31.0 Å². The molecule has 0 fully saturated rings. The number of amides is 1. The normalized spacial score (nSPS) is 12.2. The van der Waals surface area contributed by atoms with E-state index >= 15 is 0 Å². The summed E-state index contributed by atoms with van der Waals surface area (Å²) in [6.07, 6.45) is 1.44. The minimum atomic E-state index is -0.441. The van der Waals surface area contributed by atoms with E-state index in [9.17, 15) is 4.79 Å². The van der Waals surface area contributed by atoms with E-state index in [1.54, 1.807) is 0 Å². The van der Waals surface area contributed by atoms with Crippen molar-refractivity contribution in [1.29, 1.82) is 0 Å². The highest BCUT2D eigenvalue weighted by Gasteiger charge is 2.12. The molecule has 0 bridgehead atoms. The number of hydrogen-bond acceptors (Lipinski definition) is 2. The van der Waals surface area contributed by atoms with E-state index in [2.05, 4.69) is 15.9 Å². The van der Waals surface area contributed by atoms with E-state index < -0.39 is 5.91 Å². The van der Waals surface area contributed by atoms with Crippen LogP contribution in [0.2, 0.25) is 0 Å². The highest BCUT2D eigenvalue weighted by atomic mass is 79.9. The zero-order valence-corrected chi connectivity index (χ0v) is 11.7. The maximum absolute atomic E-state index is 11.4. The second-order valence-corrected chi connectivity index (χ2v) is 4.88. The highest BCUT2D eigenvalue weighted by Crippen LogP contribution is 2.24. The van der Waals surface area contributed by atoms with Gasteiger partial charge in [0.2, 0.25) is 5.91 Å². The number of primary amides is 1. The van der Waals surface area contributed by atoms with Gasteiger partial charge >= 0.3 is 0 Å². The summed E-state index contributed by atoms with van der Waals surface area (Å²) in [7, 11) is 0. The molecule has 0 aliphatic heterocycles. The lowest BCUT2D eigenvalue weighted by molar-refractivity contribution is -0.114. The summed E-state index contributed by atoms with van der Waals surface area (Å²) in [6.45, 7) is 3.95. The lowest BCUT2D eigenvalue weighted by Crippen LogP contribution is -2.18. The monoisotopic (exact) mass is 296 g/mol. The number of rotatable bonds is 4. The largest absolute Gasteiger partial charge is 0.398 e. The Morgan fingerprint density at radius 2 is 2.00 bits per heavy atom. The summed E-state index contributed by atoms with van der Waals surface area (Å²) in [4.78, 5) is 11.4. The van der Waals surface area contributed by atoms with Crippen LogP contribution >= 0.6 is 15.9 Å². The summed E-state index contributed by atoms with van der Waals surface area (Å²) < 4.78 is 0.932. The van der Waals surface area contributed by atoms with Crippen molar-refractivity contribution in [2.24, 2.45) is 11.5 Å². The number of nitrogens with two attached hydrogens (primary N) is 2. The van der Waals surface area contributed by atoms with Crippen LogP contribution in [0.3, 0.4) is 0 Å². The standard InChI is InChI=1S/C13H17BrN2O/c1-3-4-10(13(16)17)12(15)11-7-9(14)6-5-8(11)2/h5-7H,3-4,15H2,1-2H3,(H2,16,17)/b12-10-. The molecule has 0 atom stereocenters. The van der Waals surface area contributed by atoms with Crippen molar-refractivity contribution in [2.75, 3.05) is 0 Å². The van der Waals surface area contributed by atoms with Gasteiger partial charge in [0.05, 0.1) is 0 Å². The van der Waals surface area contributed by atoms with Gasteiger partial charge in [0.1, 0.15) is 0 Å². The van der Waals surface area contributed by atoms with E-state index in [0.29, 0.717) is 17.7 Å². The van der Waals surface area contributed by atoms with Gasteiger partial charge < -0.3 is 11.5 Å². The molecule has 1 aromatic rings. The molecule has 0 heterocycles. The van der Waals surface area contributed by atoms with Gasteiger partial charge in [-0.25, -0.2) is 0 Å². The summed E-state index contributed by atoms with van der Waals surface area (Å²) >= 11 is 3.40. The minimum Gasteiger partial charge on any atom is -0.398 e. The van der Waals surface area contributed by atoms with Gasteiger partial charge in [0, 0.05) is 21.3 Å². The lowest BCUT2D eigenvalue weighted by atomic mass is 9.99. The van der Waals surface area contributed by atoms with E-state index in [1.165, 1.54) is 0 Å². The number of hydrogen-bond donors (Lipinski definition) is 2. The zero-order chi connectivity index (χ0) is 13.0. The molecule has 0 radical (unpaired) electrons. The molecular weight excluding hydrogens is 280 g/mol. The number of carbonyl (C=O) groups is 1. The summed E-state index contributed by atoms with van der Waals surface area (Å²) in [5, 5.41) is 0. The first-order valence-electron chi connectivity index (χ1n) is 5.52. The van der Waals surface area contributed by atoms with E-state index in [4.69, 9.17) is 11.5 Å². The Morgan fingerprint density at radius 1 is 1.35 bits per heavy atom. The number of carbonyl (C=O) groups excluding carboxylic acids is 1. The van der Waals surface area contributed by atoms with E-state index in [-0.39, 0.29) is 0 Å². The van der Waals surface area contributed by atoms with Gasteiger partial charge in [-0.3, -0.25) is 4.79 Å². The van der Waals surface area contributed by atoms with Crippen LogP contribution in [0.25, 0.3) is 5.70 Å². The summed E-state index contributed by atoms with van der Waals surface area (Å²) in [5.41, 5.74) is 14.3. The molecule has 4 heteroatoms. The second-order valence-electron chi connectivity index (χ2n) is 3.97. The van der Waals surface area contributed by atoms with Crippen LogP contribution in [-0.2, 0) is 4.79 Å². The molecule has 1 aromatic carbocycles. The van der Waals surface area contributed by atoms with Crippen molar-refractivity contribution >= 4 is 27.5 Å². The Labute approximate surface area is 110 Å². The predicted molar refractivity (Wildman–Crippen MR) is 74.1 cm³/mol. The third kappa shape index (κ3) is 3.33. The molecular formula is C13H17BrN2O. The second kappa shape index (κ2) is 5.87. The summed E-state index contributed by atoms with van der Waals surface area (Å²) in [6, 6.07) is 5.80. The van der Waals surface area contributed by atoms with Gasteiger partial charge in [0.15, 0.2) is 0 Å². The molecule has 1 amide bonds. The molecule has 17 heavy (non-hydrogen) atoms. The van der Waals surface area contributed by atoms with Crippen LogP contribution < -0.4 is 11.5 Å². The Kier molecular flexibility index (Phi) is 4.75. The summed E-state index contributed by atoms with van der Waals surface area (Å²) in [5.74, 6) is -0.441. The number of benzene rings is 1. The van der Waals surface area contributed by atoms with Crippen molar-refractivity contribution in [2.45, 2.75) is 26.7 Å². The van der Waals surface area contributed by atoms with Gasteiger partial charge in [-0.2, -0.15) is 0 Å². The Hall–Kier alpha value is -1.29. The van der Waals surface area contributed by atoms with Crippen LogP contribution in [0, 0.1) is 6.92 Å². The topological polar surface area (TPSA) is 69.1 Å². The van der Waals surface area contributed by atoms with Crippen LogP contribution in [-0.4, -0.2) is 5.91 Å². The molecule has 0 saturated heterocycles. The SMILES string of the molecule is CCC/C(C(N)=O)=C(/N)c1cc(Br)ccc1C. The molecule has 92 valence electrons. The maximum Gasteiger partial charge on any atom is 0.246 e. The first-order valence-corrected chi connectivity index (χ1v) is 6.31. The smallest absolute Gasteiger partial charge is 0.246 e. The average molecular weight is 297 g/mol. The number of aryl methyl sites for hydroxylation is 1. The van der Waals surface area contributed by atoms with Crippen molar-refractivity contribution < 1.29 is 4.79 Å². The third-order valence-corrected chi connectivity index (χ3v) is 3.11. The van der Waals surface area contributed by atoms with Crippen LogP contribution in [0.15, 0.2) is 28.2 Å². The molecule has 0 aromatic heterocycles. The predicted octanol–water partition coefficient (Wildman–Crippen LogP) is 2.71. The maximum atomic E-state index is 11.4. The minimum absolute atomic E-state index is 0.441. The van der Waals surface area contributed by atoms with Gasteiger partial charge in [0.25, 0.3) is 0 Å². The number of halogens is 1. The molecule has 0 aliphatic rings. The fourth-order valence-electron chi connectivity index (χ4n) is 1.69. The van der Waals surface area contributed by atoms with Gasteiger partial charge in [-0.15, -0.1) is 0 Å². The van der Waals surface area contributed by atoms with Gasteiger partial charge in [-0.1, -0.05) is 35.3 Å². The first kappa shape index (κ1) is 13.8. The molecule has 3 nitrogen and oxygen atoms in total. The molecule has 0 unspecified atom stereocenters. The molecule has 0 saturated carbocycles. The van der Waals surface area contributed by atoms with Crippen LogP contribution in [0.1, 0.15) is 30.9 Å². The molecule has 0 aliphatic carbocycles. The van der Waals surface area contributed by atoms with Crippen molar-refractivity contribution in [3.8, 4) is 0 Å². The molecule has 1 rings (SSSR count). The van der Waals surface area contributed by atoms with E-state index in [1.807, 2.05) is 32.0 Å². The third-order valence-electron chi connectivity index (χ3n) is 2.61. The van der Waals surface area contributed by atoms with Crippen molar-refractivity contribution in [1.82, 2.24) is 0 Å². The fraction of sp³-hybridized carbons (Fsp3) is 0.308. The highest BCUT2D eigenvalue weighted by molar-refractivity contribution is 9.10. The van der Waals surface area contributed by atoms with Crippen LogP contribution in [0.5, 0.6) is 0 Å². The Bertz CT molecular complexity index is 466. The first-order chi connectivity index (χ1) is 7.97. The van der Waals surface area contributed by atoms with Crippen LogP contribution in [0.4, 0.5) is 0 Å². The Balaban J connectivity index is 3.32. The Morgan fingerprint density at radius 3 is 2.53 bits per heavy atom.